The summed E-state index contributed by atoms with van der Waals surface area (Å²) in [7, 11) is 0. The van der Waals surface area contributed by atoms with Gasteiger partial charge < -0.3 is 31.8 Å². The number of aliphatic carboxylic acids is 1. The van der Waals surface area contributed by atoms with E-state index in [1.54, 1.807) is 13.1 Å². The molecule has 10 heteroatoms. The molecule has 174 valence electrons. The number of carbonyl (C=O) groups excluding carboxylic acids is 3. The highest BCUT2D eigenvalue weighted by Crippen LogP contribution is 2.18. The van der Waals surface area contributed by atoms with E-state index in [1.165, 1.54) is 6.92 Å². The number of hydrogen-bond donors (Lipinski definition) is 6. The van der Waals surface area contributed by atoms with Gasteiger partial charge in [-0.3, -0.25) is 14.4 Å². The molecular weight excluding hydrogens is 414 g/mol. The Morgan fingerprint density at radius 3 is 2.44 bits per heavy atom. The fourth-order valence-corrected chi connectivity index (χ4v) is 3.25. The number of H-pyrrole nitrogens is 1. The lowest BCUT2D eigenvalue weighted by molar-refractivity contribution is -0.143. The zero-order valence-corrected chi connectivity index (χ0v) is 18.5. The van der Waals surface area contributed by atoms with E-state index >= 15 is 0 Å². The van der Waals surface area contributed by atoms with E-state index in [9.17, 15) is 24.3 Å². The van der Waals surface area contributed by atoms with E-state index in [2.05, 4.69) is 20.9 Å². The fraction of sp³-hybridized carbons (Fsp3) is 0.455. The molecule has 1 aromatic carbocycles. The van der Waals surface area contributed by atoms with Crippen LogP contribution in [0.1, 0.15) is 32.8 Å². The van der Waals surface area contributed by atoms with Crippen molar-refractivity contribution in [3.63, 3.8) is 0 Å². The van der Waals surface area contributed by atoms with Crippen molar-refractivity contribution in [2.45, 2.75) is 51.7 Å². The second-order valence-electron chi connectivity index (χ2n) is 7.89. The molecule has 0 aliphatic rings. The van der Waals surface area contributed by atoms with E-state index in [1.807, 2.05) is 31.2 Å². The van der Waals surface area contributed by atoms with Crippen molar-refractivity contribution in [1.29, 1.82) is 0 Å². The topological polar surface area (TPSA) is 166 Å². The maximum Gasteiger partial charge on any atom is 0.326 e. The summed E-state index contributed by atoms with van der Waals surface area (Å²) in [5, 5.41) is 17.6. The summed E-state index contributed by atoms with van der Waals surface area (Å²) in [5.41, 5.74) is 7.82. The Morgan fingerprint density at radius 2 is 1.78 bits per heavy atom. The van der Waals surface area contributed by atoms with Gasteiger partial charge in [-0.25, -0.2) is 4.79 Å². The Kier molecular flexibility index (Phi) is 8.77. The Bertz CT molecular complexity index is 973. The number of nitrogens with two attached hydrogens (primary N) is 1. The van der Waals surface area contributed by atoms with E-state index in [-0.39, 0.29) is 12.5 Å². The van der Waals surface area contributed by atoms with Crippen LogP contribution in [0.15, 0.2) is 30.5 Å². The van der Waals surface area contributed by atoms with Gasteiger partial charge in [0, 0.05) is 17.1 Å². The Hall–Kier alpha value is -3.40. The number of carbonyl (C=O) groups is 4. The lowest BCUT2D eigenvalue weighted by Crippen LogP contribution is -2.54. The first-order valence-electron chi connectivity index (χ1n) is 10.5. The molecule has 0 bridgehead atoms. The average molecular weight is 446 g/mol. The molecule has 0 saturated heterocycles. The van der Waals surface area contributed by atoms with Crippen LogP contribution in [0.25, 0.3) is 10.9 Å². The number of hydrogen-bond acceptors (Lipinski definition) is 5. The summed E-state index contributed by atoms with van der Waals surface area (Å²) in [5.74, 6) is -3.10. The Morgan fingerprint density at radius 1 is 1.09 bits per heavy atom. The molecule has 0 fully saturated rings. The van der Waals surface area contributed by atoms with Gasteiger partial charge in [-0.2, -0.15) is 0 Å². The maximum atomic E-state index is 12.3. The number of nitrogens with one attached hydrogen (secondary N) is 4. The first kappa shape index (κ1) is 24.9. The molecule has 0 aliphatic heterocycles. The van der Waals surface area contributed by atoms with Crippen LogP contribution in [-0.2, 0) is 25.6 Å². The van der Waals surface area contributed by atoms with Gasteiger partial charge in [-0.15, -0.1) is 0 Å². The molecule has 0 saturated carbocycles. The highest BCUT2D eigenvalue weighted by atomic mass is 16.4. The Balaban J connectivity index is 1.81. The van der Waals surface area contributed by atoms with Crippen LogP contribution in [0.4, 0.5) is 0 Å². The Labute approximate surface area is 186 Å². The summed E-state index contributed by atoms with van der Waals surface area (Å²) in [6.07, 6.45) is 2.67. The SMILES string of the molecule is CCC(C)C(NC(=O)C(C)NC(=O)CNC(=O)C(N)Cc1c[nH]c2ccccc12)C(=O)O. The predicted molar refractivity (Wildman–Crippen MR) is 120 cm³/mol. The summed E-state index contributed by atoms with van der Waals surface area (Å²) in [6, 6.07) is 4.79. The van der Waals surface area contributed by atoms with Gasteiger partial charge in [-0.1, -0.05) is 38.5 Å². The lowest BCUT2D eigenvalue weighted by atomic mass is 9.99. The van der Waals surface area contributed by atoms with Crippen LogP contribution < -0.4 is 21.7 Å². The number of amides is 3. The van der Waals surface area contributed by atoms with Crippen molar-refractivity contribution in [2.75, 3.05) is 6.54 Å². The fourth-order valence-electron chi connectivity index (χ4n) is 3.25. The molecule has 7 N–H and O–H groups in total. The van der Waals surface area contributed by atoms with Gasteiger partial charge in [0.1, 0.15) is 12.1 Å². The number of benzene rings is 1. The van der Waals surface area contributed by atoms with Gasteiger partial charge in [0.15, 0.2) is 0 Å². The van der Waals surface area contributed by atoms with Crippen LogP contribution in [0.2, 0.25) is 0 Å². The summed E-state index contributed by atoms with van der Waals surface area (Å²) >= 11 is 0. The van der Waals surface area contributed by atoms with E-state index in [0.717, 1.165) is 16.5 Å². The number of carboxylic acid groups (broad SMARTS) is 1. The second kappa shape index (κ2) is 11.3. The first-order chi connectivity index (χ1) is 15.1. The van der Waals surface area contributed by atoms with Crippen LogP contribution in [0.3, 0.4) is 0 Å². The molecule has 3 amide bonds. The smallest absolute Gasteiger partial charge is 0.326 e. The molecule has 4 atom stereocenters. The highest BCUT2D eigenvalue weighted by molar-refractivity contribution is 5.92. The largest absolute Gasteiger partial charge is 0.480 e. The molecule has 10 nitrogen and oxygen atoms in total. The van der Waals surface area contributed by atoms with E-state index < -0.39 is 41.8 Å². The maximum absolute atomic E-state index is 12.3. The lowest BCUT2D eigenvalue weighted by Gasteiger charge is -2.22. The van der Waals surface area contributed by atoms with Crippen molar-refractivity contribution >= 4 is 34.6 Å². The molecule has 1 heterocycles. The van der Waals surface area contributed by atoms with Crippen molar-refractivity contribution in [3.05, 3.63) is 36.0 Å². The normalized spacial score (nSPS) is 14.8. The molecule has 32 heavy (non-hydrogen) atoms. The average Bonchev–Trinajstić information content (AvgIpc) is 3.17. The summed E-state index contributed by atoms with van der Waals surface area (Å²) < 4.78 is 0. The van der Waals surface area contributed by atoms with Gasteiger partial charge in [-0.05, 0) is 30.9 Å². The number of carboxylic acids is 1. The van der Waals surface area contributed by atoms with Crippen molar-refractivity contribution in [3.8, 4) is 0 Å². The minimum Gasteiger partial charge on any atom is -0.480 e. The summed E-state index contributed by atoms with van der Waals surface area (Å²) in [4.78, 5) is 51.1. The van der Waals surface area contributed by atoms with Crippen LogP contribution in [-0.4, -0.2) is 58.5 Å². The molecule has 1 aromatic heterocycles. The molecule has 4 unspecified atom stereocenters. The van der Waals surface area contributed by atoms with Gasteiger partial charge in [0.25, 0.3) is 0 Å². The van der Waals surface area contributed by atoms with Crippen LogP contribution in [0.5, 0.6) is 0 Å². The zero-order valence-electron chi connectivity index (χ0n) is 18.5. The number of rotatable bonds is 11. The van der Waals surface area contributed by atoms with Crippen LogP contribution in [0, 0.1) is 5.92 Å². The number of aromatic amines is 1. The zero-order chi connectivity index (χ0) is 23.8. The molecule has 0 aliphatic carbocycles. The highest BCUT2D eigenvalue weighted by Gasteiger charge is 2.27. The predicted octanol–water partition coefficient (Wildman–Crippen LogP) is 0.274. The van der Waals surface area contributed by atoms with E-state index in [4.69, 9.17) is 5.73 Å². The van der Waals surface area contributed by atoms with E-state index in [0.29, 0.717) is 12.8 Å². The first-order valence-corrected chi connectivity index (χ1v) is 10.5. The number of para-hydroxylation sites is 1. The third-order valence-electron chi connectivity index (χ3n) is 5.42. The molecular formula is C22H31N5O5. The number of fused-ring (bicyclic) bond motifs is 1. The van der Waals surface area contributed by atoms with Crippen molar-refractivity contribution in [2.24, 2.45) is 11.7 Å². The molecule has 2 aromatic rings. The minimum atomic E-state index is -1.14. The summed E-state index contributed by atoms with van der Waals surface area (Å²) in [6.45, 7) is 4.63. The van der Waals surface area contributed by atoms with Crippen molar-refractivity contribution in [1.82, 2.24) is 20.9 Å². The third kappa shape index (κ3) is 6.55. The quantitative estimate of drug-likeness (QED) is 0.290. The van der Waals surface area contributed by atoms with Gasteiger partial charge >= 0.3 is 5.97 Å². The molecule has 0 spiro atoms. The third-order valence-corrected chi connectivity index (χ3v) is 5.42. The van der Waals surface area contributed by atoms with Crippen LogP contribution >= 0.6 is 0 Å². The second-order valence-corrected chi connectivity index (χ2v) is 7.89. The van der Waals surface area contributed by atoms with Crippen molar-refractivity contribution < 1.29 is 24.3 Å². The van der Waals surface area contributed by atoms with Gasteiger partial charge in [0.2, 0.25) is 17.7 Å². The molecule has 2 rings (SSSR count). The standard InChI is InChI=1S/C22H31N5O5/c1-4-12(2)19(22(31)32)27-20(29)13(3)26-18(28)11-25-21(30)16(23)9-14-10-24-17-8-6-5-7-15(14)17/h5-8,10,12-13,16,19,24H,4,9,11,23H2,1-3H3,(H,25,30)(H,26,28)(H,27,29)(H,31,32). The monoisotopic (exact) mass is 445 g/mol. The minimum absolute atomic E-state index is 0.266. The molecule has 0 radical (unpaired) electrons. The van der Waals surface area contributed by atoms with Gasteiger partial charge in [0.05, 0.1) is 12.6 Å². The number of aromatic nitrogens is 1.